The number of hydrogen-bond acceptors (Lipinski definition) is 1. The van der Waals surface area contributed by atoms with Crippen molar-refractivity contribution in [2.75, 3.05) is 4.90 Å². The zero-order valence-corrected chi connectivity index (χ0v) is 34.8. The first-order valence-electron chi connectivity index (χ1n) is 22.1. The SMILES string of the molecule is CC1(C)c2ccccc2-c2cccc(-c3ccccc3-c3ccc(N(c4ccc(-c5cccc6ccccc56)cc4)c4ccc5c(c4)C4(CCCC4)c4ccccc4-5)cc3)c21. The molecule has 0 radical (unpaired) electrons. The highest BCUT2D eigenvalue weighted by Crippen LogP contribution is 2.58. The zero-order chi connectivity index (χ0) is 40.7. The third-order valence-electron chi connectivity index (χ3n) is 14.4. The van der Waals surface area contributed by atoms with Crippen LogP contribution in [0.1, 0.15) is 61.8 Å². The molecule has 0 amide bonds. The van der Waals surface area contributed by atoms with Crippen LogP contribution in [0.15, 0.2) is 200 Å². The molecule has 1 heteroatoms. The Balaban J connectivity index is 0.976. The quantitative estimate of drug-likeness (QED) is 0.162. The fraction of sp³-hybridized carbons (Fsp3) is 0.133. The van der Waals surface area contributed by atoms with Gasteiger partial charge in [0, 0.05) is 27.9 Å². The van der Waals surface area contributed by atoms with Gasteiger partial charge in [0.1, 0.15) is 0 Å². The molecule has 61 heavy (non-hydrogen) atoms. The minimum Gasteiger partial charge on any atom is -0.310 e. The first-order valence-corrected chi connectivity index (χ1v) is 22.1. The summed E-state index contributed by atoms with van der Waals surface area (Å²) < 4.78 is 0. The molecule has 9 aromatic rings. The molecule has 3 aliphatic rings. The highest BCUT2D eigenvalue weighted by Gasteiger charge is 2.45. The second-order valence-corrected chi connectivity index (χ2v) is 18.0. The maximum Gasteiger partial charge on any atom is 0.0465 e. The highest BCUT2D eigenvalue weighted by molar-refractivity contribution is 5.97. The molecular weight excluding hydrogens is 735 g/mol. The lowest BCUT2D eigenvalue weighted by Gasteiger charge is -2.30. The summed E-state index contributed by atoms with van der Waals surface area (Å²) in [6, 6.07) is 75.1. The molecule has 1 saturated carbocycles. The second kappa shape index (κ2) is 13.8. The van der Waals surface area contributed by atoms with Crippen LogP contribution in [0.5, 0.6) is 0 Å². The average Bonchev–Trinajstić information content (AvgIpc) is 3.99. The second-order valence-electron chi connectivity index (χ2n) is 18.0. The van der Waals surface area contributed by atoms with Crippen LogP contribution in [0.2, 0.25) is 0 Å². The van der Waals surface area contributed by atoms with Crippen molar-refractivity contribution in [1.82, 2.24) is 0 Å². The van der Waals surface area contributed by atoms with Crippen molar-refractivity contribution < 1.29 is 0 Å². The van der Waals surface area contributed by atoms with E-state index in [0.29, 0.717) is 0 Å². The van der Waals surface area contributed by atoms with Gasteiger partial charge in [-0.25, -0.2) is 0 Å². The predicted molar refractivity (Wildman–Crippen MR) is 257 cm³/mol. The minimum atomic E-state index is -0.0997. The van der Waals surface area contributed by atoms with Crippen LogP contribution in [0.4, 0.5) is 17.1 Å². The molecule has 0 saturated heterocycles. The van der Waals surface area contributed by atoms with Crippen LogP contribution in [-0.2, 0) is 10.8 Å². The van der Waals surface area contributed by atoms with Crippen molar-refractivity contribution >= 4 is 27.8 Å². The summed E-state index contributed by atoms with van der Waals surface area (Å²) in [4.78, 5) is 2.47. The van der Waals surface area contributed by atoms with Crippen LogP contribution in [0, 0.1) is 0 Å². The number of hydrogen-bond donors (Lipinski definition) is 0. The standard InChI is InChI=1S/C60H47N/c1-59(2)55-25-9-7-21-51(55)54-24-14-23-53(58(54)59)49-19-6-5-18-48(49)42-29-33-44(34-30-42)61(43-31-27-41(28-32-43)47-22-13-16-40-15-3-4-17-46(40)47)45-35-36-52-50-20-8-10-26-56(50)60(57(52)39-45)37-11-12-38-60/h3-10,13-36,39H,11-12,37-38H2,1-2H3. The lowest BCUT2D eigenvalue weighted by molar-refractivity contribution is 0.550. The van der Waals surface area contributed by atoms with Gasteiger partial charge in [-0.15, -0.1) is 0 Å². The number of fused-ring (bicyclic) bond motifs is 9. The Labute approximate surface area is 359 Å². The van der Waals surface area contributed by atoms with E-state index < -0.39 is 0 Å². The third-order valence-corrected chi connectivity index (χ3v) is 14.4. The van der Waals surface area contributed by atoms with Crippen LogP contribution in [0.25, 0.3) is 66.4 Å². The van der Waals surface area contributed by atoms with Gasteiger partial charge in [-0.05, 0) is 138 Å². The Kier molecular flexibility index (Phi) is 8.13. The van der Waals surface area contributed by atoms with E-state index in [9.17, 15) is 0 Å². The van der Waals surface area contributed by atoms with Gasteiger partial charge in [0.05, 0.1) is 0 Å². The number of nitrogens with zero attached hydrogens (tertiary/aromatic N) is 1. The molecule has 0 aliphatic heterocycles. The highest BCUT2D eigenvalue weighted by atomic mass is 15.1. The number of rotatable bonds is 6. The van der Waals surface area contributed by atoms with Crippen LogP contribution in [0.3, 0.4) is 0 Å². The van der Waals surface area contributed by atoms with Crippen LogP contribution in [-0.4, -0.2) is 0 Å². The van der Waals surface area contributed by atoms with Crippen molar-refractivity contribution in [3.8, 4) is 55.6 Å². The van der Waals surface area contributed by atoms with Gasteiger partial charge < -0.3 is 4.90 Å². The Hall–Kier alpha value is -6.96. The van der Waals surface area contributed by atoms with E-state index in [-0.39, 0.29) is 10.8 Å². The molecular formula is C60H47N. The normalized spacial score (nSPS) is 15.0. The maximum atomic E-state index is 2.53. The smallest absolute Gasteiger partial charge is 0.0465 e. The topological polar surface area (TPSA) is 3.24 Å². The van der Waals surface area contributed by atoms with Gasteiger partial charge in [-0.2, -0.15) is 0 Å². The molecule has 1 spiro atoms. The lowest BCUT2D eigenvalue weighted by Crippen LogP contribution is -2.21. The fourth-order valence-electron chi connectivity index (χ4n) is 11.6. The summed E-state index contributed by atoms with van der Waals surface area (Å²) in [5.41, 5.74) is 22.4. The summed E-state index contributed by atoms with van der Waals surface area (Å²) in [7, 11) is 0. The summed E-state index contributed by atoms with van der Waals surface area (Å²) in [6.07, 6.45) is 4.97. The minimum absolute atomic E-state index is 0.0902. The van der Waals surface area contributed by atoms with E-state index in [1.54, 1.807) is 0 Å². The van der Waals surface area contributed by atoms with Crippen LogP contribution < -0.4 is 4.90 Å². The van der Waals surface area contributed by atoms with Crippen molar-refractivity contribution in [2.24, 2.45) is 0 Å². The molecule has 0 unspecified atom stereocenters. The Morgan fingerprint density at radius 3 is 1.56 bits per heavy atom. The van der Waals surface area contributed by atoms with Gasteiger partial charge in [-0.1, -0.05) is 190 Å². The predicted octanol–water partition coefficient (Wildman–Crippen LogP) is 16.5. The number of benzene rings is 9. The fourth-order valence-corrected chi connectivity index (χ4v) is 11.6. The molecule has 0 heterocycles. The van der Waals surface area contributed by atoms with E-state index in [2.05, 4.69) is 219 Å². The van der Waals surface area contributed by atoms with Crippen molar-refractivity contribution in [3.05, 3.63) is 222 Å². The van der Waals surface area contributed by atoms with E-state index in [4.69, 9.17) is 0 Å². The summed E-state index contributed by atoms with van der Waals surface area (Å²) in [6.45, 7) is 4.77. The van der Waals surface area contributed by atoms with E-state index in [0.717, 1.165) is 11.4 Å². The van der Waals surface area contributed by atoms with E-state index in [1.807, 2.05) is 0 Å². The molecule has 1 nitrogen and oxygen atoms in total. The van der Waals surface area contributed by atoms with Gasteiger partial charge >= 0.3 is 0 Å². The van der Waals surface area contributed by atoms with E-state index in [1.165, 1.54) is 120 Å². The number of anilines is 3. The summed E-state index contributed by atoms with van der Waals surface area (Å²) in [5.74, 6) is 0. The average molecular weight is 782 g/mol. The molecule has 0 aromatic heterocycles. The molecule has 0 bridgehead atoms. The van der Waals surface area contributed by atoms with Gasteiger partial charge in [0.2, 0.25) is 0 Å². The molecule has 9 aromatic carbocycles. The summed E-state index contributed by atoms with van der Waals surface area (Å²) >= 11 is 0. The summed E-state index contributed by atoms with van der Waals surface area (Å²) in [5, 5.41) is 2.54. The third kappa shape index (κ3) is 5.46. The molecule has 292 valence electrons. The Morgan fingerprint density at radius 2 is 0.836 bits per heavy atom. The lowest BCUT2D eigenvalue weighted by atomic mass is 9.76. The van der Waals surface area contributed by atoms with Crippen molar-refractivity contribution in [2.45, 2.75) is 50.4 Å². The maximum absolute atomic E-state index is 2.53. The first kappa shape index (κ1) is 35.9. The van der Waals surface area contributed by atoms with Crippen LogP contribution >= 0.6 is 0 Å². The van der Waals surface area contributed by atoms with E-state index >= 15 is 0 Å². The van der Waals surface area contributed by atoms with Gasteiger partial charge in [-0.3, -0.25) is 0 Å². The molecule has 1 fully saturated rings. The van der Waals surface area contributed by atoms with Gasteiger partial charge in [0.25, 0.3) is 0 Å². The first-order chi connectivity index (χ1) is 30.0. The molecule has 3 aliphatic carbocycles. The molecule has 12 rings (SSSR count). The van der Waals surface area contributed by atoms with Crippen molar-refractivity contribution in [1.29, 1.82) is 0 Å². The molecule has 0 atom stereocenters. The van der Waals surface area contributed by atoms with Crippen molar-refractivity contribution in [3.63, 3.8) is 0 Å². The Bertz CT molecular complexity index is 3150. The largest absolute Gasteiger partial charge is 0.310 e. The van der Waals surface area contributed by atoms with Gasteiger partial charge in [0.15, 0.2) is 0 Å². The monoisotopic (exact) mass is 781 g/mol. The molecule has 0 N–H and O–H groups in total. The Morgan fingerprint density at radius 1 is 0.361 bits per heavy atom. The zero-order valence-electron chi connectivity index (χ0n) is 34.8.